The lowest BCUT2D eigenvalue weighted by Gasteiger charge is -2.14. The highest BCUT2D eigenvalue weighted by Gasteiger charge is 2.23. The van der Waals surface area contributed by atoms with E-state index in [1.807, 2.05) is 18.2 Å². The average Bonchev–Trinajstić information content (AvgIpc) is 3.45. The molecule has 2 N–H and O–H groups in total. The van der Waals surface area contributed by atoms with E-state index >= 15 is 0 Å². The maximum absolute atomic E-state index is 12.3. The second-order valence-electron chi connectivity index (χ2n) is 7.22. The van der Waals surface area contributed by atoms with Crippen LogP contribution in [0.2, 0.25) is 0 Å². The van der Waals surface area contributed by atoms with Crippen LogP contribution in [0.15, 0.2) is 51.7 Å². The molecule has 1 aliphatic carbocycles. The molecule has 2 aromatic carbocycles. The highest BCUT2D eigenvalue weighted by molar-refractivity contribution is 5.97. The van der Waals surface area contributed by atoms with Crippen molar-refractivity contribution >= 4 is 10.8 Å². The van der Waals surface area contributed by atoms with Crippen molar-refractivity contribution < 1.29 is 19.4 Å². The zero-order valence-corrected chi connectivity index (χ0v) is 15.1. The maximum Gasteiger partial charge on any atom is 0.343 e. The minimum atomic E-state index is -0.664. The van der Waals surface area contributed by atoms with Crippen LogP contribution in [0, 0.1) is 5.92 Å². The van der Waals surface area contributed by atoms with Gasteiger partial charge in [0.2, 0.25) is 0 Å². The molecule has 1 aromatic heterocycles. The number of fused-ring (bicyclic) bond motifs is 1. The molecule has 1 atom stereocenters. The summed E-state index contributed by atoms with van der Waals surface area (Å²) >= 11 is 0. The number of aromatic hydroxyl groups is 1. The normalized spacial score (nSPS) is 15.0. The number of hydrogen-bond donors (Lipinski definition) is 2. The van der Waals surface area contributed by atoms with Crippen molar-refractivity contribution in [1.82, 2.24) is 0 Å². The van der Waals surface area contributed by atoms with Gasteiger partial charge >= 0.3 is 5.63 Å². The molecule has 4 rings (SSSR count). The first kappa shape index (κ1) is 17.6. The molecule has 0 radical (unpaired) electrons. The van der Waals surface area contributed by atoms with Crippen molar-refractivity contribution in [3.63, 3.8) is 0 Å². The number of aliphatic hydroxyl groups is 1. The van der Waals surface area contributed by atoms with Crippen LogP contribution in [0.1, 0.15) is 25.5 Å². The van der Waals surface area contributed by atoms with Gasteiger partial charge in [0.05, 0.1) is 18.1 Å². The zero-order valence-electron chi connectivity index (χ0n) is 15.1. The van der Waals surface area contributed by atoms with Crippen LogP contribution in [0.25, 0.3) is 21.9 Å². The predicted molar refractivity (Wildman–Crippen MR) is 103 cm³/mol. The van der Waals surface area contributed by atoms with Gasteiger partial charge in [0, 0.05) is 17.4 Å². The van der Waals surface area contributed by atoms with E-state index in [1.165, 1.54) is 12.8 Å². The fourth-order valence-corrected chi connectivity index (χ4v) is 3.26. The van der Waals surface area contributed by atoms with Gasteiger partial charge in [-0.1, -0.05) is 24.3 Å². The SMILES string of the molecule is CC(O)Cc1oc(=O)c2ccccc2c1-c1ccc(OCC2CC2)c(O)c1. The van der Waals surface area contributed by atoms with Gasteiger partial charge < -0.3 is 19.4 Å². The molecule has 0 bridgehead atoms. The maximum atomic E-state index is 12.3. The standard InChI is InChI=1S/C22H22O5/c1-13(23)10-20-21(16-4-2-3-5-17(16)22(25)27-20)15-8-9-19(18(24)11-15)26-12-14-6-7-14/h2-5,8-9,11,13-14,23-24H,6-7,10,12H2,1H3. The molecule has 140 valence electrons. The molecule has 27 heavy (non-hydrogen) atoms. The van der Waals surface area contributed by atoms with Gasteiger partial charge in [-0.2, -0.15) is 0 Å². The van der Waals surface area contributed by atoms with E-state index in [9.17, 15) is 15.0 Å². The van der Waals surface area contributed by atoms with Crippen molar-refractivity contribution in [2.45, 2.75) is 32.3 Å². The number of ether oxygens (including phenoxy) is 1. The third-order valence-electron chi connectivity index (χ3n) is 4.81. The molecule has 0 spiro atoms. The molecule has 5 nitrogen and oxygen atoms in total. The highest BCUT2D eigenvalue weighted by atomic mass is 16.5. The third kappa shape index (κ3) is 3.69. The van der Waals surface area contributed by atoms with Crippen molar-refractivity contribution in [3.05, 3.63) is 58.6 Å². The fourth-order valence-electron chi connectivity index (χ4n) is 3.26. The Morgan fingerprint density at radius 3 is 2.59 bits per heavy atom. The Balaban J connectivity index is 1.82. The number of aliphatic hydroxyl groups excluding tert-OH is 1. The van der Waals surface area contributed by atoms with Gasteiger partial charge in [0.15, 0.2) is 11.5 Å². The number of rotatable bonds is 6. The lowest BCUT2D eigenvalue weighted by Crippen LogP contribution is -2.11. The van der Waals surface area contributed by atoms with Crippen molar-refractivity contribution in [2.75, 3.05) is 6.61 Å². The average molecular weight is 366 g/mol. The van der Waals surface area contributed by atoms with E-state index < -0.39 is 11.7 Å². The van der Waals surface area contributed by atoms with Crippen molar-refractivity contribution in [3.8, 4) is 22.6 Å². The van der Waals surface area contributed by atoms with Crippen LogP contribution >= 0.6 is 0 Å². The van der Waals surface area contributed by atoms with Crippen LogP contribution < -0.4 is 10.4 Å². The molecule has 0 amide bonds. The summed E-state index contributed by atoms with van der Waals surface area (Å²) in [6.45, 7) is 2.26. The Labute approximate surface area is 156 Å². The summed E-state index contributed by atoms with van der Waals surface area (Å²) in [5.41, 5.74) is 0.982. The Morgan fingerprint density at radius 1 is 1.19 bits per heavy atom. The zero-order chi connectivity index (χ0) is 19.0. The molecular formula is C22H22O5. The third-order valence-corrected chi connectivity index (χ3v) is 4.81. The minimum Gasteiger partial charge on any atom is -0.504 e. The molecule has 1 heterocycles. The van der Waals surface area contributed by atoms with Gasteiger partial charge in [0.25, 0.3) is 0 Å². The fraction of sp³-hybridized carbons (Fsp3) is 0.318. The molecule has 1 unspecified atom stereocenters. The number of phenolic OH excluding ortho intramolecular Hbond substituents is 1. The van der Waals surface area contributed by atoms with Crippen molar-refractivity contribution in [2.24, 2.45) is 5.92 Å². The van der Waals surface area contributed by atoms with Crippen LogP contribution in [0.3, 0.4) is 0 Å². The smallest absolute Gasteiger partial charge is 0.343 e. The largest absolute Gasteiger partial charge is 0.504 e. The molecule has 0 aliphatic heterocycles. The van der Waals surface area contributed by atoms with Crippen molar-refractivity contribution in [1.29, 1.82) is 0 Å². The summed E-state index contributed by atoms with van der Waals surface area (Å²) in [4.78, 5) is 12.3. The van der Waals surface area contributed by atoms with Crippen LogP contribution in [-0.4, -0.2) is 22.9 Å². The number of benzene rings is 2. The minimum absolute atomic E-state index is 0.0476. The van der Waals surface area contributed by atoms with Crippen LogP contribution in [0.4, 0.5) is 0 Å². The number of hydrogen-bond acceptors (Lipinski definition) is 5. The summed E-state index contributed by atoms with van der Waals surface area (Å²) in [5.74, 6) is 1.49. The molecule has 1 fully saturated rings. The summed E-state index contributed by atoms with van der Waals surface area (Å²) in [5, 5.41) is 21.5. The van der Waals surface area contributed by atoms with E-state index in [1.54, 1.807) is 31.2 Å². The lowest BCUT2D eigenvalue weighted by molar-refractivity contribution is 0.186. The molecular weight excluding hydrogens is 344 g/mol. The van der Waals surface area contributed by atoms with Gasteiger partial charge in [-0.15, -0.1) is 0 Å². The first-order valence-electron chi connectivity index (χ1n) is 9.22. The molecule has 1 saturated carbocycles. The van der Waals surface area contributed by atoms with Crippen LogP contribution in [0.5, 0.6) is 11.5 Å². The Hall–Kier alpha value is -2.79. The van der Waals surface area contributed by atoms with E-state index in [0.717, 1.165) is 5.39 Å². The summed E-state index contributed by atoms with van der Waals surface area (Å²) in [6.07, 6.45) is 1.89. The van der Waals surface area contributed by atoms with Gasteiger partial charge in [-0.3, -0.25) is 0 Å². The molecule has 3 aromatic rings. The Bertz CT molecular complexity index is 1030. The second-order valence-corrected chi connectivity index (χ2v) is 7.22. The topological polar surface area (TPSA) is 79.9 Å². The van der Waals surface area contributed by atoms with E-state index in [2.05, 4.69) is 0 Å². The van der Waals surface area contributed by atoms with Gasteiger partial charge in [-0.05, 0) is 49.4 Å². The number of phenols is 1. The summed E-state index contributed by atoms with van der Waals surface area (Å²) in [6, 6.07) is 12.4. The monoisotopic (exact) mass is 366 g/mol. The lowest BCUT2D eigenvalue weighted by atomic mass is 9.96. The van der Waals surface area contributed by atoms with Gasteiger partial charge in [0.1, 0.15) is 5.76 Å². The molecule has 5 heteroatoms. The van der Waals surface area contributed by atoms with E-state index in [4.69, 9.17) is 9.15 Å². The first-order valence-corrected chi connectivity index (χ1v) is 9.22. The van der Waals surface area contributed by atoms with E-state index in [-0.39, 0.29) is 12.2 Å². The second kappa shape index (κ2) is 7.08. The summed E-state index contributed by atoms with van der Waals surface area (Å²) < 4.78 is 11.2. The Kier molecular flexibility index (Phi) is 4.62. The summed E-state index contributed by atoms with van der Waals surface area (Å²) in [7, 11) is 0. The van der Waals surface area contributed by atoms with Crippen LogP contribution in [-0.2, 0) is 6.42 Å². The predicted octanol–water partition coefficient (Wildman–Crippen LogP) is 3.88. The molecule has 1 aliphatic rings. The van der Waals surface area contributed by atoms with Gasteiger partial charge in [-0.25, -0.2) is 4.79 Å². The van der Waals surface area contributed by atoms with E-state index in [0.29, 0.717) is 40.5 Å². The first-order chi connectivity index (χ1) is 13.0. The highest BCUT2D eigenvalue weighted by Crippen LogP contribution is 2.38. The quantitative estimate of drug-likeness (QED) is 0.692. The Morgan fingerprint density at radius 2 is 1.93 bits per heavy atom. The molecule has 0 saturated heterocycles.